The van der Waals surface area contributed by atoms with Gasteiger partial charge in [0.05, 0.1) is 6.61 Å². The lowest BCUT2D eigenvalue weighted by Crippen LogP contribution is -2.38. The minimum Gasteiger partial charge on any atom is -0.381 e. The molecule has 0 spiro atoms. The zero-order chi connectivity index (χ0) is 18.6. The van der Waals surface area contributed by atoms with Crippen molar-refractivity contribution in [3.8, 4) is 0 Å². The highest BCUT2D eigenvalue weighted by molar-refractivity contribution is 8.01. The van der Waals surface area contributed by atoms with E-state index in [2.05, 4.69) is 27.8 Å². The molecule has 1 atom stereocenters. The van der Waals surface area contributed by atoms with Gasteiger partial charge in [0.1, 0.15) is 4.34 Å². The molecule has 0 radical (unpaired) electrons. The SMILES string of the molecule is Cc1csc(SC2CCC(NC(=O)c3ccc(C4CCOC4)cc3)CC2)n1. The van der Waals surface area contributed by atoms with Crippen LogP contribution in [0.25, 0.3) is 0 Å². The van der Waals surface area contributed by atoms with Gasteiger partial charge in [-0.3, -0.25) is 4.79 Å². The van der Waals surface area contributed by atoms with Crippen molar-refractivity contribution in [2.24, 2.45) is 0 Å². The van der Waals surface area contributed by atoms with Gasteiger partial charge in [0.2, 0.25) is 0 Å². The van der Waals surface area contributed by atoms with Crippen LogP contribution in [0.5, 0.6) is 0 Å². The smallest absolute Gasteiger partial charge is 0.251 e. The lowest BCUT2D eigenvalue weighted by molar-refractivity contribution is 0.0928. The summed E-state index contributed by atoms with van der Waals surface area (Å²) >= 11 is 3.64. The third-order valence-corrected chi connectivity index (χ3v) is 7.88. The molecule has 2 aromatic rings. The first-order valence-electron chi connectivity index (χ1n) is 9.75. The van der Waals surface area contributed by atoms with Gasteiger partial charge in [-0.15, -0.1) is 11.3 Å². The molecule has 0 bridgehead atoms. The summed E-state index contributed by atoms with van der Waals surface area (Å²) in [6.45, 7) is 3.68. The van der Waals surface area contributed by atoms with Crippen LogP contribution < -0.4 is 5.32 Å². The molecule has 4 nitrogen and oxygen atoms in total. The molecule has 1 aliphatic heterocycles. The molecule has 1 aromatic heterocycles. The minimum atomic E-state index is 0.0517. The van der Waals surface area contributed by atoms with Gasteiger partial charge in [-0.25, -0.2) is 4.98 Å². The Kier molecular flexibility index (Phi) is 6.15. The molecule has 2 fully saturated rings. The van der Waals surface area contributed by atoms with Gasteiger partial charge in [0, 0.05) is 40.5 Å². The first-order chi connectivity index (χ1) is 13.2. The number of rotatable bonds is 5. The Morgan fingerprint density at radius 1 is 1.19 bits per heavy atom. The number of ether oxygens (including phenoxy) is 1. The zero-order valence-electron chi connectivity index (χ0n) is 15.6. The highest BCUT2D eigenvalue weighted by Crippen LogP contribution is 2.35. The van der Waals surface area contributed by atoms with Crippen molar-refractivity contribution < 1.29 is 9.53 Å². The molecule has 144 valence electrons. The average molecular weight is 403 g/mol. The maximum atomic E-state index is 12.6. The van der Waals surface area contributed by atoms with E-state index >= 15 is 0 Å². The van der Waals surface area contributed by atoms with E-state index in [1.807, 2.05) is 30.8 Å². The lowest BCUT2D eigenvalue weighted by atomic mass is 9.94. The molecule has 4 rings (SSSR count). The quantitative estimate of drug-likeness (QED) is 0.781. The minimum absolute atomic E-state index is 0.0517. The van der Waals surface area contributed by atoms with Crippen molar-refractivity contribution in [3.05, 3.63) is 46.5 Å². The Morgan fingerprint density at radius 2 is 1.96 bits per heavy atom. The molecular weight excluding hydrogens is 376 g/mol. The van der Waals surface area contributed by atoms with Crippen LogP contribution in [0, 0.1) is 6.92 Å². The van der Waals surface area contributed by atoms with Crippen LogP contribution in [0.2, 0.25) is 0 Å². The summed E-state index contributed by atoms with van der Waals surface area (Å²) in [4.78, 5) is 17.1. The van der Waals surface area contributed by atoms with E-state index < -0.39 is 0 Å². The van der Waals surface area contributed by atoms with Crippen LogP contribution in [-0.4, -0.2) is 35.4 Å². The number of hydrogen-bond acceptors (Lipinski definition) is 5. The first-order valence-corrected chi connectivity index (χ1v) is 11.5. The monoisotopic (exact) mass is 402 g/mol. The normalized spacial score (nSPS) is 25.4. The van der Waals surface area contributed by atoms with E-state index in [9.17, 15) is 4.79 Å². The highest BCUT2D eigenvalue weighted by atomic mass is 32.2. The molecule has 1 saturated heterocycles. The van der Waals surface area contributed by atoms with Crippen molar-refractivity contribution in [1.82, 2.24) is 10.3 Å². The van der Waals surface area contributed by atoms with Gasteiger partial charge in [0.25, 0.3) is 5.91 Å². The highest BCUT2D eigenvalue weighted by Gasteiger charge is 2.24. The third-order valence-electron chi connectivity index (χ3n) is 5.45. The molecule has 6 heteroatoms. The van der Waals surface area contributed by atoms with Crippen LogP contribution in [0.3, 0.4) is 0 Å². The summed E-state index contributed by atoms with van der Waals surface area (Å²) in [6, 6.07) is 8.36. The molecule has 2 heterocycles. The number of benzene rings is 1. The second-order valence-corrected chi connectivity index (χ2v) is 9.91. The summed E-state index contributed by atoms with van der Waals surface area (Å²) in [6.07, 6.45) is 5.44. The molecular formula is C21H26N2O2S2. The average Bonchev–Trinajstić information content (AvgIpc) is 3.35. The number of nitrogens with one attached hydrogen (secondary N) is 1. The van der Waals surface area contributed by atoms with Gasteiger partial charge in [-0.1, -0.05) is 23.9 Å². The summed E-state index contributed by atoms with van der Waals surface area (Å²) in [5, 5.41) is 5.96. The van der Waals surface area contributed by atoms with Crippen LogP contribution in [0.4, 0.5) is 0 Å². The lowest BCUT2D eigenvalue weighted by Gasteiger charge is -2.28. The number of aryl methyl sites for hydroxylation is 1. The van der Waals surface area contributed by atoms with E-state index in [1.54, 1.807) is 11.3 Å². The number of hydrogen-bond donors (Lipinski definition) is 1. The third kappa shape index (κ3) is 4.92. The number of carbonyl (C=O) groups excluding carboxylic acids is 1. The van der Waals surface area contributed by atoms with E-state index in [1.165, 1.54) is 9.90 Å². The Labute approximate surface area is 169 Å². The van der Waals surface area contributed by atoms with Crippen LogP contribution in [-0.2, 0) is 4.74 Å². The predicted octanol–water partition coefficient (Wildman–Crippen LogP) is 4.79. The Hall–Kier alpha value is -1.37. The van der Waals surface area contributed by atoms with Gasteiger partial charge >= 0.3 is 0 Å². The van der Waals surface area contributed by atoms with E-state index in [0.29, 0.717) is 11.2 Å². The molecule has 27 heavy (non-hydrogen) atoms. The summed E-state index contributed by atoms with van der Waals surface area (Å²) < 4.78 is 6.63. The van der Waals surface area contributed by atoms with Crippen LogP contribution in [0.15, 0.2) is 34.0 Å². The second kappa shape index (κ2) is 8.76. The standard InChI is InChI=1S/C21H26N2O2S2/c1-14-13-26-21(22-14)27-19-8-6-18(7-9-19)23-20(24)16-4-2-15(3-5-16)17-10-11-25-12-17/h2-5,13,17-19H,6-12H2,1H3,(H,23,24). The number of thioether (sulfide) groups is 1. The molecule has 1 aromatic carbocycles. The number of amides is 1. The molecule has 1 aliphatic carbocycles. The van der Waals surface area contributed by atoms with Gasteiger partial charge in [-0.05, 0) is 56.7 Å². The molecule has 1 amide bonds. The molecule has 1 saturated carbocycles. The Balaban J connectivity index is 1.25. The molecule has 1 unspecified atom stereocenters. The Morgan fingerprint density at radius 3 is 2.59 bits per heavy atom. The van der Waals surface area contributed by atoms with Gasteiger partial charge < -0.3 is 10.1 Å². The van der Waals surface area contributed by atoms with Crippen LogP contribution in [0.1, 0.15) is 59.6 Å². The number of carbonyl (C=O) groups is 1. The predicted molar refractivity (Wildman–Crippen MR) is 111 cm³/mol. The number of nitrogens with zero attached hydrogens (tertiary/aromatic N) is 1. The molecule has 2 aliphatic rings. The van der Waals surface area contributed by atoms with E-state index in [-0.39, 0.29) is 11.9 Å². The Bertz CT molecular complexity index is 761. The van der Waals surface area contributed by atoms with Crippen molar-refractivity contribution >= 4 is 29.0 Å². The van der Waals surface area contributed by atoms with Crippen molar-refractivity contribution in [2.45, 2.75) is 60.6 Å². The fraction of sp³-hybridized carbons (Fsp3) is 0.524. The van der Waals surface area contributed by atoms with Crippen LogP contribution >= 0.6 is 23.1 Å². The summed E-state index contributed by atoms with van der Waals surface area (Å²) in [5.74, 6) is 0.535. The van der Waals surface area contributed by atoms with Crippen molar-refractivity contribution in [1.29, 1.82) is 0 Å². The largest absolute Gasteiger partial charge is 0.381 e. The molecule has 1 N–H and O–H groups in total. The van der Waals surface area contributed by atoms with Crippen molar-refractivity contribution in [2.75, 3.05) is 13.2 Å². The number of aromatic nitrogens is 1. The second-order valence-electron chi connectivity index (χ2n) is 7.50. The first kappa shape index (κ1) is 19.0. The van der Waals surface area contributed by atoms with E-state index in [0.717, 1.165) is 56.6 Å². The summed E-state index contributed by atoms with van der Waals surface area (Å²) in [5.41, 5.74) is 3.14. The fourth-order valence-electron chi connectivity index (χ4n) is 3.83. The van der Waals surface area contributed by atoms with E-state index in [4.69, 9.17) is 4.74 Å². The topological polar surface area (TPSA) is 51.2 Å². The zero-order valence-corrected chi connectivity index (χ0v) is 17.3. The summed E-state index contributed by atoms with van der Waals surface area (Å²) in [7, 11) is 0. The number of thiazole rings is 1. The van der Waals surface area contributed by atoms with Gasteiger partial charge in [-0.2, -0.15) is 0 Å². The maximum absolute atomic E-state index is 12.6. The van der Waals surface area contributed by atoms with Crippen molar-refractivity contribution in [3.63, 3.8) is 0 Å². The fourth-order valence-corrected chi connectivity index (χ4v) is 6.11. The van der Waals surface area contributed by atoms with Gasteiger partial charge in [0.15, 0.2) is 0 Å². The maximum Gasteiger partial charge on any atom is 0.251 e.